The van der Waals surface area contributed by atoms with Crippen LogP contribution in [0.2, 0.25) is 0 Å². The van der Waals surface area contributed by atoms with Gasteiger partial charge < -0.3 is 25.2 Å². The largest absolute Gasteiger partial charge is 0.399 e. The molecule has 0 saturated carbocycles. The van der Waals surface area contributed by atoms with Crippen molar-refractivity contribution in [2.75, 3.05) is 26.3 Å². The van der Waals surface area contributed by atoms with Crippen LogP contribution in [-0.2, 0) is 65.0 Å². The lowest BCUT2D eigenvalue weighted by Crippen LogP contribution is -2.41. The van der Waals surface area contributed by atoms with Gasteiger partial charge in [-0.25, -0.2) is 0 Å². The van der Waals surface area contributed by atoms with E-state index in [9.17, 15) is 0 Å². The lowest BCUT2D eigenvalue weighted by Gasteiger charge is -2.27. The lowest BCUT2D eigenvalue weighted by molar-refractivity contribution is 0.0540. The van der Waals surface area contributed by atoms with E-state index in [2.05, 4.69) is 334 Å². The van der Waals surface area contributed by atoms with Crippen molar-refractivity contribution in [3.8, 4) is 0 Å². The molecule has 1 unspecified atom stereocenters. The predicted molar refractivity (Wildman–Crippen MR) is 444 cm³/mol. The van der Waals surface area contributed by atoms with Gasteiger partial charge in [0.25, 0.3) is 0 Å². The maximum Gasteiger partial charge on any atom is 0.389 e. The van der Waals surface area contributed by atoms with Gasteiger partial charge in [-0.3, -0.25) is 18.5 Å². The zero-order chi connectivity index (χ0) is 77.4. The SMILES string of the molecule is CC(Op1oc2c(C(C)(C)C)cc(C(C)(C)C)cc2c2cc(C(C)(C)C)cc(C(C)(C)C)c2o1)N(CCOp1oc2c(C(C)(C)C)cc(C(C)(C)C)cc2c2cc(C(C)(C)C)cc(C(C)(C)C)c2o1)CCOp1oc2c(C(C)(C)C)cc(C(C)(C)C)cc2c2cc(C(C)(C)C)cc(C(C)(C)C)c2o1. The van der Waals surface area contributed by atoms with Gasteiger partial charge in [0.2, 0.25) is 0 Å². The summed E-state index contributed by atoms with van der Waals surface area (Å²) < 4.78 is 66.3. The minimum Gasteiger partial charge on any atom is -0.399 e. The Labute approximate surface area is 623 Å². The molecule has 0 aliphatic rings. The number of hydrogen-bond donors (Lipinski definition) is 0. The van der Waals surface area contributed by atoms with E-state index in [-0.39, 0.29) is 78.2 Å². The molecule has 3 aromatic heterocycles. The van der Waals surface area contributed by atoms with Gasteiger partial charge in [-0.2, -0.15) is 0 Å². The molecular weight excluding hydrogens is 1330 g/mol. The van der Waals surface area contributed by atoms with Crippen LogP contribution in [0.3, 0.4) is 0 Å². The molecule has 0 aliphatic carbocycles. The number of fused-ring (bicyclic) bond motifs is 9. The molecular formula is C90H132NO9P3. The molecule has 0 radical (unpaired) electrons. The maximum absolute atomic E-state index is 7.48. The van der Waals surface area contributed by atoms with Gasteiger partial charge in [0, 0.05) is 78.8 Å². The second kappa shape index (κ2) is 27.8. The quantitative estimate of drug-likeness (QED) is 0.116. The highest BCUT2D eigenvalue weighted by atomic mass is 31.1. The summed E-state index contributed by atoms with van der Waals surface area (Å²) in [5, 5.41) is 6.09. The molecule has 13 heteroatoms. The van der Waals surface area contributed by atoms with E-state index >= 15 is 0 Å². The summed E-state index contributed by atoms with van der Waals surface area (Å²) in [5.41, 5.74) is 16.0. The van der Waals surface area contributed by atoms with Crippen molar-refractivity contribution in [3.63, 3.8) is 0 Å². The minimum atomic E-state index is -2.14. The van der Waals surface area contributed by atoms with Crippen LogP contribution in [0.4, 0.5) is 0 Å². The van der Waals surface area contributed by atoms with Gasteiger partial charge >= 0.3 is 24.7 Å². The highest BCUT2D eigenvalue weighted by Crippen LogP contribution is 2.50. The van der Waals surface area contributed by atoms with Crippen LogP contribution in [0.25, 0.3) is 65.8 Å². The zero-order valence-corrected chi connectivity index (χ0v) is 73.5. The first kappa shape index (κ1) is 81.9. The average Bonchev–Trinajstić information content (AvgIpc) is 1.71. The summed E-state index contributed by atoms with van der Waals surface area (Å²) in [5.74, 6) is 0. The number of nitrogens with zero attached hydrogens (tertiary/aromatic N) is 1. The molecule has 0 spiro atoms. The number of rotatable bonds is 11. The molecule has 0 aliphatic heterocycles. The predicted octanol–water partition coefficient (Wildman–Crippen LogP) is 28.4. The molecule has 3 heterocycles. The Morgan fingerprint density at radius 1 is 0.252 bits per heavy atom. The fourth-order valence-electron chi connectivity index (χ4n) is 13.3. The van der Waals surface area contributed by atoms with Crippen molar-refractivity contribution in [1.29, 1.82) is 0 Å². The fraction of sp³-hybridized carbons (Fsp3) is 0.600. The van der Waals surface area contributed by atoms with Gasteiger partial charge in [0.05, 0.1) is 13.2 Å². The van der Waals surface area contributed by atoms with Crippen molar-refractivity contribution in [2.24, 2.45) is 0 Å². The molecule has 6 aromatic carbocycles. The topological polar surface area (TPSA) is 110 Å². The summed E-state index contributed by atoms with van der Waals surface area (Å²) >= 11 is 0. The van der Waals surface area contributed by atoms with Gasteiger partial charge in [-0.15, -0.1) is 0 Å². The molecule has 0 N–H and O–H groups in total. The number of hydrogen-bond acceptors (Lipinski definition) is 10. The van der Waals surface area contributed by atoms with Crippen LogP contribution in [0, 0.1) is 0 Å². The molecule has 566 valence electrons. The minimum absolute atomic E-state index is 0.151. The molecule has 0 bridgehead atoms. The highest BCUT2D eigenvalue weighted by molar-refractivity contribution is 7.32. The molecule has 103 heavy (non-hydrogen) atoms. The van der Waals surface area contributed by atoms with Crippen LogP contribution in [0.15, 0.2) is 98.0 Å². The first-order chi connectivity index (χ1) is 46.5. The van der Waals surface area contributed by atoms with Gasteiger partial charge in [0.1, 0.15) is 39.7 Å². The summed E-state index contributed by atoms with van der Waals surface area (Å²) in [6, 6.07) is 28.1. The molecule has 0 fully saturated rings. The molecule has 1 atom stereocenters. The van der Waals surface area contributed by atoms with Crippen LogP contribution in [0.5, 0.6) is 0 Å². The Hall–Kier alpha value is -5.14. The van der Waals surface area contributed by atoms with E-state index in [1.165, 1.54) is 33.4 Å². The molecule has 9 rings (SSSR count). The monoisotopic (exact) mass is 1460 g/mol. The summed E-state index contributed by atoms with van der Waals surface area (Å²) in [7, 11) is -6.25. The lowest BCUT2D eigenvalue weighted by atomic mass is 9.77. The Balaban J connectivity index is 1.28. The molecule has 0 amide bonds. The maximum atomic E-state index is 7.48. The van der Waals surface area contributed by atoms with Crippen molar-refractivity contribution in [3.05, 3.63) is 140 Å². The first-order valence-electron chi connectivity index (χ1n) is 37.8. The van der Waals surface area contributed by atoms with E-state index < -0.39 is 30.9 Å². The molecule has 9 aromatic rings. The highest BCUT2D eigenvalue weighted by Gasteiger charge is 2.35. The standard InChI is InChI=1S/C90H132NO9P3/c1-54(94-103-99-77-65(46-59(83(14,15)16)52-71(77)89(32,33)34)66-47-60(84(17,18)19)53-72(78(66)100-103)90(35,36)37)91(38-40-92-101-95-73-61(42-55(79(2,3)4)48-67(73)85(20,21)22)62-43-56(80(5,6)7)49-68(74(62)96-101)86(23,24)25)39-41-93-102-97-75-63(44-57(81(8,9)10)50-69(75)87(26,27)28)64-45-58(82(11,12)13)51-70(76(64)98-102)88(29,30)31/h42-54H,38-41H2,1-37H3. The summed E-state index contributed by atoms with van der Waals surface area (Å²) in [4.78, 5) is 2.26. The Bertz CT molecular complexity index is 4310. The van der Waals surface area contributed by atoms with E-state index in [1.807, 2.05) is 0 Å². The van der Waals surface area contributed by atoms with E-state index in [1.54, 1.807) is 0 Å². The Morgan fingerprint density at radius 2 is 0.417 bits per heavy atom. The van der Waals surface area contributed by atoms with Crippen molar-refractivity contribution >= 4 is 90.5 Å². The van der Waals surface area contributed by atoms with Crippen LogP contribution in [0.1, 0.15) is 323 Å². The third-order valence-electron chi connectivity index (χ3n) is 20.3. The fourth-order valence-corrected chi connectivity index (χ4v) is 16.6. The first-order valence-corrected chi connectivity index (χ1v) is 41.1. The van der Waals surface area contributed by atoms with Crippen LogP contribution < -0.4 is 13.6 Å². The van der Waals surface area contributed by atoms with E-state index in [0.717, 1.165) is 99.2 Å². The Kier molecular flexibility index (Phi) is 22.1. The van der Waals surface area contributed by atoms with Gasteiger partial charge in [0.15, 0.2) is 0 Å². The van der Waals surface area contributed by atoms with Crippen LogP contribution >= 0.6 is 24.7 Å². The van der Waals surface area contributed by atoms with Crippen molar-refractivity contribution in [2.45, 2.75) is 327 Å². The number of benzene rings is 6. The zero-order valence-electron chi connectivity index (χ0n) is 70.8. The van der Waals surface area contributed by atoms with Crippen molar-refractivity contribution in [1.82, 2.24) is 4.90 Å². The average molecular weight is 1460 g/mol. The van der Waals surface area contributed by atoms with Gasteiger partial charge in [-0.1, -0.05) is 286 Å². The second-order valence-electron chi connectivity index (χ2n) is 42.0. The normalized spacial score (nSPS) is 14.4. The van der Waals surface area contributed by atoms with E-state index in [4.69, 9.17) is 38.8 Å². The summed E-state index contributed by atoms with van der Waals surface area (Å²) in [6.07, 6.45) is -0.629. The second-order valence-corrected chi connectivity index (χ2v) is 45.2. The molecule has 10 nitrogen and oxygen atoms in total. The smallest absolute Gasteiger partial charge is 0.389 e. The van der Waals surface area contributed by atoms with E-state index in [0.29, 0.717) is 13.1 Å². The van der Waals surface area contributed by atoms with Gasteiger partial charge in [-0.05, 0) is 142 Å². The third-order valence-corrected chi connectivity index (χ3v) is 23.6. The Morgan fingerprint density at radius 3 is 0.573 bits per heavy atom. The third kappa shape index (κ3) is 18.2. The van der Waals surface area contributed by atoms with Crippen LogP contribution in [-0.4, -0.2) is 37.4 Å². The van der Waals surface area contributed by atoms with Crippen molar-refractivity contribution < 1.29 is 38.8 Å². The molecule has 0 saturated heterocycles. The summed E-state index contributed by atoms with van der Waals surface area (Å²) in [6.45, 7) is 85.3.